The van der Waals surface area contributed by atoms with Gasteiger partial charge in [0.25, 0.3) is 0 Å². The maximum atomic E-state index is 12.2. The number of aryl methyl sites for hydroxylation is 1. The molecule has 3 nitrogen and oxygen atoms in total. The number of hydrogen-bond acceptors (Lipinski definition) is 2. The van der Waals surface area contributed by atoms with Gasteiger partial charge in [0.05, 0.1) is 11.6 Å². The van der Waals surface area contributed by atoms with Crippen LogP contribution in [0.25, 0.3) is 0 Å². The van der Waals surface area contributed by atoms with Crippen molar-refractivity contribution >= 4 is 11.6 Å². The molecule has 106 valence electrons. The van der Waals surface area contributed by atoms with Gasteiger partial charge >= 0.3 is 0 Å². The lowest BCUT2D eigenvalue weighted by atomic mass is 9.96. The summed E-state index contributed by atoms with van der Waals surface area (Å²) in [5.41, 5.74) is 2.35. The fourth-order valence-electron chi connectivity index (χ4n) is 2.86. The van der Waals surface area contributed by atoms with E-state index in [-0.39, 0.29) is 5.91 Å². The van der Waals surface area contributed by atoms with E-state index >= 15 is 0 Å². The third kappa shape index (κ3) is 4.09. The molecule has 0 spiro atoms. The van der Waals surface area contributed by atoms with Crippen LogP contribution in [-0.4, -0.2) is 5.91 Å². The standard InChI is InChI=1S/C17H22N2O/c1-13-8-9-15(12-18)10-16(13)19-17(20)11-14-6-4-2-3-5-7-14/h8-10,14H,2-7,11H2,1H3,(H,19,20). The number of anilines is 1. The average molecular weight is 270 g/mol. The molecule has 1 amide bonds. The Balaban J connectivity index is 1.95. The summed E-state index contributed by atoms with van der Waals surface area (Å²) in [6.45, 7) is 1.95. The number of hydrogen-bond donors (Lipinski definition) is 1. The molecule has 1 aromatic carbocycles. The molecule has 2 rings (SSSR count). The highest BCUT2D eigenvalue weighted by atomic mass is 16.1. The van der Waals surface area contributed by atoms with E-state index in [9.17, 15) is 4.79 Å². The van der Waals surface area contributed by atoms with E-state index in [0.717, 1.165) is 11.3 Å². The first-order valence-corrected chi connectivity index (χ1v) is 7.49. The molecule has 0 radical (unpaired) electrons. The Bertz CT molecular complexity index is 508. The summed E-state index contributed by atoms with van der Waals surface area (Å²) in [6.07, 6.45) is 8.07. The molecule has 0 heterocycles. The molecular formula is C17H22N2O. The van der Waals surface area contributed by atoms with Gasteiger partial charge in [0, 0.05) is 12.1 Å². The minimum Gasteiger partial charge on any atom is -0.326 e. The summed E-state index contributed by atoms with van der Waals surface area (Å²) >= 11 is 0. The average Bonchev–Trinajstić information content (AvgIpc) is 2.70. The van der Waals surface area contributed by atoms with Gasteiger partial charge in [0.1, 0.15) is 0 Å². The number of carbonyl (C=O) groups is 1. The molecule has 0 saturated heterocycles. The van der Waals surface area contributed by atoms with Crippen LogP contribution in [0.1, 0.15) is 56.1 Å². The molecule has 3 heteroatoms. The van der Waals surface area contributed by atoms with Crippen LogP contribution in [0.15, 0.2) is 18.2 Å². The van der Waals surface area contributed by atoms with Crippen molar-refractivity contribution in [3.8, 4) is 6.07 Å². The van der Waals surface area contributed by atoms with Gasteiger partial charge in [0.2, 0.25) is 5.91 Å². The zero-order valence-corrected chi connectivity index (χ0v) is 12.1. The molecule has 0 aliphatic heterocycles. The number of benzene rings is 1. The zero-order chi connectivity index (χ0) is 14.4. The topological polar surface area (TPSA) is 52.9 Å². The molecule has 0 bridgehead atoms. The molecule has 0 aromatic heterocycles. The summed E-state index contributed by atoms with van der Waals surface area (Å²) in [5.74, 6) is 0.604. The number of nitrogens with one attached hydrogen (secondary N) is 1. The maximum Gasteiger partial charge on any atom is 0.224 e. The first-order valence-electron chi connectivity index (χ1n) is 7.49. The number of rotatable bonds is 3. The molecule has 1 N–H and O–H groups in total. The molecule has 0 unspecified atom stereocenters. The van der Waals surface area contributed by atoms with Crippen molar-refractivity contribution < 1.29 is 4.79 Å². The summed E-state index contributed by atoms with van der Waals surface area (Å²) < 4.78 is 0. The van der Waals surface area contributed by atoms with E-state index in [0.29, 0.717) is 17.9 Å². The molecule has 1 fully saturated rings. The first-order chi connectivity index (χ1) is 9.69. The second-order valence-corrected chi connectivity index (χ2v) is 5.75. The van der Waals surface area contributed by atoms with Gasteiger partial charge in [-0.3, -0.25) is 4.79 Å². The SMILES string of the molecule is Cc1ccc(C#N)cc1NC(=O)CC1CCCCCC1. The quantitative estimate of drug-likeness (QED) is 0.838. The lowest BCUT2D eigenvalue weighted by molar-refractivity contribution is -0.117. The lowest BCUT2D eigenvalue weighted by Crippen LogP contribution is -2.17. The van der Waals surface area contributed by atoms with Gasteiger partial charge in [-0.15, -0.1) is 0 Å². The summed E-state index contributed by atoms with van der Waals surface area (Å²) in [7, 11) is 0. The highest BCUT2D eigenvalue weighted by Crippen LogP contribution is 2.26. The molecular weight excluding hydrogens is 248 g/mol. The Labute approximate surface area is 121 Å². The van der Waals surface area contributed by atoms with Gasteiger partial charge in [0.15, 0.2) is 0 Å². The lowest BCUT2D eigenvalue weighted by Gasteiger charge is -2.14. The second-order valence-electron chi connectivity index (χ2n) is 5.75. The van der Waals surface area contributed by atoms with Crippen molar-refractivity contribution in [3.63, 3.8) is 0 Å². The molecule has 1 aliphatic carbocycles. The largest absolute Gasteiger partial charge is 0.326 e. The van der Waals surface area contributed by atoms with E-state index < -0.39 is 0 Å². The smallest absolute Gasteiger partial charge is 0.224 e. The van der Waals surface area contributed by atoms with E-state index in [1.54, 1.807) is 12.1 Å². The predicted octanol–water partition coefficient (Wildman–Crippen LogP) is 4.17. The van der Waals surface area contributed by atoms with Crippen molar-refractivity contribution in [1.82, 2.24) is 0 Å². The highest BCUT2D eigenvalue weighted by molar-refractivity contribution is 5.91. The second kappa shape index (κ2) is 7.09. The van der Waals surface area contributed by atoms with Gasteiger partial charge in [-0.2, -0.15) is 5.26 Å². The Kier molecular flexibility index (Phi) is 5.17. The number of nitriles is 1. The van der Waals surface area contributed by atoms with Crippen LogP contribution >= 0.6 is 0 Å². The Morgan fingerprint density at radius 3 is 2.65 bits per heavy atom. The van der Waals surface area contributed by atoms with E-state index in [1.807, 2.05) is 13.0 Å². The number of carbonyl (C=O) groups excluding carboxylic acids is 1. The molecule has 1 aromatic rings. The number of nitrogens with zero attached hydrogens (tertiary/aromatic N) is 1. The van der Waals surface area contributed by atoms with Crippen LogP contribution in [0, 0.1) is 24.2 Å². The summed E-state index contributed by atoms with van der Waals surface area (Å²) in [6, 6.07) is 7.51. The fraction of sp³-hybridized carbons (Fsp3) is 0.529. The van der Waals surface area contributed by atoms with E-state index in [4.69, 9.17) is 5.26 Å². The van der Waals surface area contributed by atoms with Crippen LogP contribution in [0.4, 0.5) is 5.69 Å². The summed E-state index contributed by atoms with van der Waals surface area (Å²) in [5, 5.41) is 11.9. The van der Waals surface area contributed by atoms with Gasteiger partial charge < -0.3 is 5.32 Å². The molecule has 0 atom stereocenters. The third-order valence-corrected chi connectivity index (χ3v) is 4.09. The van der Waals surface area contributed by atoms with Crippen molar-refractivity contribution in [3.05, 3.63) is 29.3 Å². The third-order valence-electron chi connectivity index (χ3n) is 4.09. The van der Waals surface area contributed by atoms with Crippen LogP contribution in [-0.2, 0) is 4.79 Å². The zero-order valence-electron chi connectivity index (χ0n) is 12.1. The normalized spacial score (nSPS) is 16.2. The minimum atomic E-state index is 0.0788. The van der Waals surface area contributed by atoms with Crippen LogP contribution in [0.5, 0.6) is 0 Å². The van der Waals surface area contributed by atoms with Crippen LogP contribution in [0.3, 0.4) is 0 Å². The Morgan fingerprint density at radius 1 is 1.30 bits per heavy atom. The minimum absolute atomic E-state index is 0.0788. The van der Waals surface area contributed by atoms with Crippen LogP contribution in [0.2, 0.25) is 0 Å². The van der Waals surface area contributed by atoms with Crippen molar-refractivity contribution in [2.24, 2.45) is 5.92 Å². The van der Waals surface area contributed by atoms with E-state index in [2.05, 4.69) is 11.4 Å². The highest BCUT2D eigenvalue weighted by Gasteiger charge is 2.16. The maximum absolute atomic E-state index is 12.2. The van der Waals surface area contributed by atoms with E-state index in [1.165, 1.54) is 38.5 Å². The van der Waals surface area contributed by atoms with Gasteiger partial charge in [-0.1, -0.05) is 31.7 Å². The molecule has 1 saturated carbocycles. The predicted molar refractivity (Wildman–Crippen MR) is 80.3 cm³/mol. The van der Waals surface area contributed by atoms with Gasteiger partial charge in [-0.25, -0.2) is 0 Å². The van der Waals surface area contributed by atoms with Crippen molar-refractivity contribution in [2.45, 2.75) is 51.9 Å². The Hall–Kier alpha value is -1.82. The molecule has 1 aliphatic rings. The van der Waals surface area contributed by atoms with Crippen LogP contribution < -0.4 is 5.32 Å². The Morgan fingerprint density at radius 2 is 2.00 bits per heavy atom. The van der Waals surface area contributed by atoms with Crippen molar-refractivity contribution in [1.29, 1.82) is 5.26 Å². The molecule has 20 heavy (non-hydrogen) atoms. The summed E-state index contributed by atoms with van der Waals surface area (Å²) in [4.78, 5) is 12.2. The monoisotopic (exact) mass is 270 g/mol. The van der Waals surface area contributed by atoms with Gasteiger partial charge in [-0.05, 0) is 43.4 Å². The number of amides is 1. The fourth-order valence-corrected chi connectivity index (χ4v) is 2.86. The van der Waals surface area contributed by atoms with Crippen molar-refractivity contribution in [2.75, 3.05) is 5.32 Å². The first kappa shape index (κ1) is 14.6.